The Morgan fingerprint density at radius 3 is 2.44 bits per heavy atom. The number of benzene rings is 3. The molecule has 2 N–H and O–H groups in total. The molecule has 1 aliphatic heterocycles. The van der Waals surface area contributed by atoms with Crippen LogP contribution in [0.1, 0.15) is 33.1 Å². The van der Waals surface area contributed by atoms with Crippen LogP contribution in [0.4, 0.5) is 5.69 Å². The summed E-state index contributed by atoms with van der Waals surface area (Å²) < 4.78 is 0. The second-order valence-corrected chi connectivity index (χ2v) is 7.96. The number of non-ortho nitro benzene ring substituents is 1. The molecule has 0 fully saturated rings. The summed E-state index contributed by atoms with van der Waals surface area (Å²) in [4.78, 5) is 23.4. The predicted molar refractivity (Wildman–Crippen MR) is 121 cm³/mol. The lowest BCUT2D eigenvalue weighted by Crippen LogP contribution is -2.50. The number of aliphatic hydroxyl groups is 1. The maximum Gasteiger partial charge on any atom is 0.269 e. The van der Waals surface area contributed by atoms with Crippen LogP contribution in [0.2, 0.25) is 0 Å². The maximum atomic E-state index is 12.9. The number of nitrogens with zero attached hydrogens (tertiary/aromatic N) is 2. The number of nitrogens with one attached hydrogen (secondary N) is 1. The first kappa shape index (κ1) is 21.7. The molecule has 164 valence electrons. The molecule has 32 heavy (non-hydrogen) atoms. The molecule has 2 atom stereocenters. The minimum atomic E-state index is -0.425. The van der Waals surface area contributed by atoms with E-state index in [1.807, 2.05) is 41.4 Å². The van der Waals surface area contributed by atoms with Gasteiger partial charge in [-0.15, -0.1) is 0 Å². The van der Waals surface area contributed by atoms with E-state index < -0.39 is 4.92 Å². The first-order chi connectivity index (χ1) is 15.6. The summed E-state index contributed by atoms with van der Waals surface area (Å²) in [6.07, 6.45) is 1.31. The third-order valence-electron chi connectivity index (χ3n) is 5.94. The van der Waals surface area contributed by atoms with Crippen molar-refractivity contribution in [3.05, 3.63) is 111 Å². The van der Waals surface area contributed by atoms with Gasteiger partial charge in [-0.05, 0) is 41.7 Å². The number of hydrogen-bond donors (Lipinski definition) is 2. The fourth-order valence-corrected chi connectivity index (χ4v) is 4.35. The van der Waals surface area contributed by atoms with Gasteiger partial charge >= 0.3 is 0 Å². The molecular weight excluding hydrogens is 406 g/mol. The Morgan fingerprint density at radius 2 is 1.75 bits per heavy atom. The summed E-state index contributed by atoms with van der Waals surface area (Å²) in [6, 6.07) is 23.3. The summed E-state index contributed by atoms with van der Waals surface area (Å²) in [6.45, 7) is 0.532. The van der Waals surface area contributed by atoms with Crippen LogP contribution in [0, 0.1) is 16.0 Å². The minimum Gasteiger partial charge on any atom is -0.396 e. The van der Waals surface area contributed by atoms with E-state index in [1.54, 1.807) is 24.3 Å². The number of hydrogen-bond acceptors (Lipinski definition) is 5. The van der Waals surface area contributed by atoms with E-state index in [-0.39, 0.29) is 30.2 Å². The van der Waals surface area contributed by atoms with Crippen LogP contribution in [0.5, 0.6) is 0 Å². The Bertz CT molecular complexity index is 1090. The Labute approximate surface area is 186 Å². The summed E-state index contributed by atoms with van der Waals surface area (Å²) in [5.74, 6) is -0.406. The molecule has 3 aromatic carbocycles. The van der Waals surface area contributed by atoms with Gasteiger partial charge in [-0.3, -0.25) is 20.3 Å². The summed E-state index contributed by atoms with van der Waals surface area (Å²) in [5.41, 5.74) is 6.82. The molecule has 0 radical (unpaired) electrons. The molecule has 0 aliphatic carbocycles. The molecular formula is C25H25N3O4. The van der Waals surface area contributed by atoms with E-state index in [9.17, 15) is 20.0 Å². The molecule has 0 saturated carbocycles. The Morgan fingerprint density at radius 1 is 1.06 bits per heavy atom. The molecule has 1 heterocycles. The van der Waals surface area contributed by atoms with E-state index in [1.165, 1.54) is 17.7 Å². The first-order valence-corrected chi connectivity index (χ1v) is 10.6. The zero-order chi connectivity index (χ0) is 22.5. The molecule has 4 rings (SSSR count). The standard InChI is InChI=1S/C25H25N3O4/c29-17-21(16-18-10-12-22(13-11-18)28(31)32)24-23-9-5-4-6-19(23)14-15-27(24)26-25(30)20-7-2-1-3-8-20/h1-13,21,24,29H,14-17H2,(H,26,30)/t21-,24+/m1/s1. The van der Waals surface area contributed by atoms with E-state index in [4.69, 9.17) is 0 Å². The van der Waals surface area contributed by atoms with Gasteiger partial charge in [-0.2, -0.15) is 0 Å². The van der Waals surface area contributed by atoms with Crippen LogP contribution in [-0.2, 0) is 12.8 Å². The average molecular weight is 431 g/mol. The molecule has 0 saturated heterocycles. The molecule has 7 nitrogen and oxygen atoms in total. The van der Waals surface area contributed by atoms with Crippen molar-refractivity contribution >= 4 is 11.6 Å². The van der Waals surface area contributed by atoms with E-state index in [0.717, 1.165) is 17.5 Å². The molecule has 1 aliphatic rings. The van der Waals surface area contributed by atoms with Crippen LogP contribution in [-0.4, -0.2) is 34.1 Å². The normalized spacial score (nSPS) is 16.7. The zero-order valence-corrected chi connectivity index (χ0v) is 17.6. The molecule has 0 spiro atoms. The summed E-state index contributed by atoms with van der Waals surface area (Å²) in [7, 11) is 0. The number of rotatable bonds is 7. The zero-order valence-electron chi connectivity index (χ0n) is 17.6. The smallest absolute Gasteiger partial charge is 0.269 e. The van der Waals surface area contributed by atoms with Crippen molar-refractivity contribution in [3.8, 4) is 0 Å². The highest BCUT2D eigenvalue weighted by atomic mass is 16.6. The summed E-state index contributed by atoms with van der Waals surface area (Å²) in [5, 5.41) is 23.2. The van der Waals surface area contributed by atoms with Gasteiger partial charge in [0.15, 0.2) is 0 Å². The lowest BCUT2D eigenvalue weighted by atomic mass is 9.83. The molecule has 0 bridgehead atoms. The Hall–Kier alpha value is -3.55. The van der Waals surface area contributed by atoms with Gasteiger partial charge < -0.3 is 5.11 Å². The van der Waals surface area contributed by atoms with E-state index in [0.29, 0.717) is 18.5 Å². The van der Waals surface area contributed by atoms with Crippen LogP contribution < -0.4 is 5.43 Å². The van der Waals surface area contributed by atoms with E-state index >= 15 is 0 Å². The molecule has 1 amide bonds. The van der Waals surface area contributed by atoms with Gasteiger partial charge in [-0.1, -0.05) is 54.6 Å². The number of fused-ring (bicyclic) bond motifs is 1. The van der Waals surface area contributed by atoms with Crippen molar-refractivity contribution in [1.82, 2.24) is 10.4 Å². The van der Waals surface area contributed by atoms with Crippen molar-refractivity contribution < 1.29 is 14.8 Å². The second-order valence-electron chi connectivity index (χ2n) is 7.96. The van der Waals surface area contributed by atoms with Crippen molar-refractivity contribution in [1.29, 1.82) is 0 Å². The fraction of sp³-hybridized carbons (Fsp3) is 0.240. The minimum absolute atomic E-state index is 0.0362. The van der Waals surface area contributed by atoms with E-state index in [2.05, 4.69) is 11.5 Å². The van der Waals surface area contributed by atoms with Crippen LogP contribution in [0.25, 0.3) is 0 Å². The van der Waals surface area contributed by atoms with Gasteiger partial charge in [0.2, 0.25) is 0 Å². The number of amides is 1. The van der Waals surface area contributed by atoms with Gasteiger partial charge in [-0.25, -0.2) is 5.01 Å². The molecule has 3 aromatic rings. The van der Waals surface area contributed by atoms with Crippen molar-refractivity contribution in [2.45, 2.75) is 18.9 Å². The number of nitro benzene ring substituents is 1. The third kappa shape index (κ3) is 4.69. The molecule has 7 heteroatoms. The van der Waals surface area contributed by atoms with Crippen LogP contribution in [0.15, 0.2) is 78.9 Å². The fourth-order valence-electron chi connectivity index (χ4n) is 4.35. The summed E-state index contributed by atoms with van der Waals surface area (Å²) >= 11 is 0. The van der Waals surface area contributed by atoms with Crippen molar-refractivity contribution in [3.63, 3.8) is 0 Å². The largest absolute Gasteiger partial charge is 0.396 e. The first-order valence-electron chi connectivity index (χ1n) is 10.6. The Balaban J connectivity index is 1.62. The van der Waals surface area contributed by atoms with Gasteiger partial charge in [0, 0.05) is 36.8 Å². The Kier molecular flexibility index (Phi) is 6.58. The number of aliphatic hydroxyl groups excluding tert-OH is 1. The number of nitro groups is 1. The van der Waals surface area contributed by atoms with Gasteiger partial charge in [0.05, 0.1) is 11.0 Å². The molecule has 0 aromatic heterocycles. The number of carbonyl (C=O) groups excluding carboxylic acids is 1. The highest BCUT2D eigenvalue weighted by Crippen LogP contribution is 2.36. The quantitative estimate of drug-likeness (QED) is 0.439. The monoisotopic (exact) mass is 431 g/mol. The van der Waals surface area contributed by atoms with Crippen LogP contribution >= 0.6 is 0 Å². The highest BCUT2D eigenvalue weighted by Gasteiger charge is 2.34. The number of hydrazine groups is 1. The average Bonchev–Trinajstić information content (AvgIpc) is 2.83. The topological polar surface area (TPSA) is 95.7 Å². The lowest BCUT2D eigenvalue weighted by molar-refractivity contribution is -0.384. The predicted octanol–water partition coefficient (Wildman–Crippen LogP) is 3.69. The van der Waals surface area contributed by atoms with Gasteiger partial charge in [0.1, 0.15) is 0 Å². The molecule has 0 unspecified atom stereocenters. The lowest BCUT2D eigenvalue weighted by Gasteiger charge is -2.41. The maximum absolute atomic E-state index is 12.9. The SMILES string of the molecule is O=C(NN1CCc2ccccc2[C@@H]1[C@@H](CO)Cc1ccc([N+](=O)[O-])cc1)c1ccccc1. The number of carbonyl (C=O) groups is 1. The third-order valence-corrected chi connectivity index (χ3v) is 5.94. The second kappa shape index (κ2) is 9.72. The highest BCUT2D eigenvalue weighted by molar-refractivity contribution is 5.93. The van der Waals surface area contributed by atoms with Gasteiger partial charge in [0.25, 0.3) is 11.6 Å². The van der Waals surface area contributed by atoms with Crippen LogP contribution in [0.3, 0.4) is 0 Å². The van der Waals surface area contributed by atoms with Crippen molar-refractivity contribution in [2.24, 2.45) is 5.92 Å². The van der Waals surface area contributed by atoms with Crippen molar-refractivity contribution in [2.75, 3.05) is 13.2 Å².